The molecule has 2 heterocycles. The Morgan fingerprint density at radius 1 is 1.31 bits per heavy atom. The average Bonchev–Trinajstić information content (AvgIpc) is 2.61. The van der Waals surface area contributed by atoms with E-state index in [9.17, 15) is 13.5 Å². The highest BCUT2D eigenvalue weighted by Crippen LogP contribution is 2.35. The third kappa shape index (κ3) is 5.66. The van der Waals surface area contributed by atoms with Crippen molar-refractivity contribution in [1.29, 1.82) is 0 Å². The van der Waals surface area contributed by atoms with E-state index in [1.54, 1.807) is 25.3 Å². The lowest BCUT2D eigenvalue weighted by molar-refractivity contribution is 0.111. The second-order valence-electron chi connectivity index (χ2n) is 6.50. The van der Waals surface area contributed by atoms with Crippen molar-refractivity contribution < 1.29 is 22.4 Å². The summed E-state index contributed by atoms with van der Waals surface area (Å²) < 4.78 is 32.4. The lowest BCUT2D eigenvalue weighted by atomic mass is 10.1. The average molecular weight is 446 g/mol. The molecule has 0 aromatic carbocycles. The number of anilines is 3. The molecule has 3 N–H and O–H groups in total. The van der Waals surface area contributed by atoms with E-state index in [2.05, 4.69) is 19.1 Å². The first-order valence-electron chi connectivity index (χ1n) is 8.52. The molecule has 1 unspecified atom stereocenters. The fourth-order valence-electron chi connectivity index (χ4n) is 2.87. The molecule has 29 heavy (non-hydrogen) atoms. The number of aryl methyl sites for hydroxylation is 1. The number of halogens is 1. The van der Waals surface area contributed by atoms with Crippen molar-refractivity contribution in [3.63, 3.8) is 0 Å². The molecule has 0 bridgehead atoms. The molecule has 0 aliphatic heterocycles. The second-order valence-corrected chi connectivity index (χ2v) is 8.51. The maximum Gasteiger partial charge on any atom is 0.264 e. The molecular formula is C17H24ClN5O5S. The van der Waals surface area contributed by atoms with Gasteiger partial charge in [0, 0.05) is 36.4 Å². The van der Waals surface area contributed by atoms with E-state index in [1.807, 2.05) is 13.8 Å². The van der Waals surface area contributed by atoms with Gasteiger partial charge in [0.1, 0.15) is 22.5 Å². The van der Waals surface area contributed by atoms with Crippen molar-refractivity contribution in [3.8, 4) is 5.75 Å². The summed E-state index contributed by atoms with van der Waals surface area (Å²) in [6.45, 7) is 3.30. The number of methoxy groups -OCH3 is 1. The van der Waals surface area contributed by atoms with Gasteiger partial charge in [0.25, 0.3) is 10.1 Å². The van der Waals surface area contributed by atoms with E-state index in [0.29, 0.717) is 22.9 Å². The zero-order valence-electron chi connectivity index (χ0n) is 16.8. The standard InChI is InChI=1S/C17H24ClN5O5S/c1-9-7-20-15(10(2)13(9)27-4)23(3)16-12(14(18)21-17(19)22-16)6-11(24)8-28-29(5,25)26/h7,11,24H,6,8H2,1-5H3,(H2,19,21,22). The van der Waals surface area contributed by atoms with Crippen LogP contribution in [-0.4, -0.2) is 61.6 Å². The molecule has 0 spiro atoms. The fraction of sp³-hybridized carbons (Fsp3) is 0.471. The van der Waals surface area contributed by atoms with Crippen molar-refractivity contribution >= 4 is 39.3 Å². The molecule has 2 aromatic rings. The van der Waals surface area contributed by atoms with Crippen molar-refractivity contribution in [2.75, 3.05) is 37.7 Å². The van der Waals surface area contributed by atoms with Crippen molar-refractivity contribution in [2.24, 2.45) is 0 Å². The Kier molecular flexibility index (Phi) is 7.22. The van der Waals surface area contributed by atoms with Gasteiger partial charge in [-0.15, -0.1) is 0 Å². The Morgan fingerprint density at radius 3 is 2.55 bits per heavy atom. The first kappa shape index (κ1) is 23.1. The SMILES string of the molecule is COc1c(C)cnc(N(C)c2nc(N)nc(Cl)c2CC(O)COS(C)(=O)=O)c1C. The van der Waals surface area contributed by atoms with E-state index < -0.39 is 22.8 Å². The summed E-state index contributed by atoms with van der Waals surface area (Å²) in [7, 11) is -0.409. The molecule has 0 radical (unpaired) electrons. The van der Waals surface area contributed by atoms with Gasteiger partial charge in [-0.1, -0.05) is 11.6 Å². The van der Waals surface area contributed by atoms with Crippen LogP contribution in [-0.2, 0) is 20.7 Å². The molecule has 1 atom stereocenters. The van der Waals surface area contributed by atoms with Gasteiger partial charge >= 0.3 is 0 Å². The van der Waals surface area contributed by atoms with Gasteiger partial charge < -0.3 is 20.5 Å². The first-order chi connectivity index (χ1) is 13.4. The molecule has 160 valence electrons. The minimum Gasteiger partial charge on any atom is -0.496 e. The minimum absolute atomic E-state index is 0.0366. The molecule has 2 aromatic heterocycles. The van der Waals surface area contributed by atoms with Crippen LogP contribution >= 0.6 is 11.6 Å². The summed E-state index contributed by atoms with van der Waals surface area (Å²) in [4.78, 5) is 14.3. The largest absolute Gasteiger partial charge is 0.496 e. The predicted octanol–water partition coefficient (Wildman–Crippen LogP) is 1.38. The number of aromatic nitrogens is 3. The molecule has 0 fully saturated rings. The molecule has 0 saturated heterocycles. The number of hydrogen-bond donors (Lipinski definition) is 2. The summed E-state index contributed by atoms with van der Waals surface area (Å²) in [6, 6.07) is 0. The maximum atomic E-state index is 11.2. The minimum atomic E-state index is -3.69. The molecule has 0 amide bonds. The fourth-order valence-corrected chi connectivity index (χ4v) is 3.53. The van der Waals surface area contributed by atoms with E-state index >= 15 is 0 Å². The summed E-state index contributed by atoms with van der Waals surface area (Å²) >= 11 is 6.25. The highest BCUT2D eigenvalue weighted by atomic mass is 35.5. The van der Waals surface area contributed by atoms with Crippen LogP contribution in [0.4, 0.5) is 17.6 Å². The van der Waals surface area contributed by atoms with Gasteiger partial charge in [-0.3, -0.25) is 4.18 Å². The Morgan fingerprint density at radius 2 is 1.97 bits per heavy atom. The molecular weight excluding hydrogens is 422 g/mol. The lowest BCUT2D eigenvalue weighted by Gasteiger charge is -2.24. The number of nitrogen functional groups attached to an aromatic ring is 1. The molecule has 0 saturated carbocycles. The molecule has 12 heteroatoms. The van der Waals surface area contributed by atoms with Gasteiger partial charge in [-0.2, -0.15) is 13.4 Å². The van der Waals surface area contributed by atoms with Crippen LogP contribution in [0.25, 0.3) is 0 Å². The summed E-state index contributed by atoms with van der Waals surface area (Å²) in [6.07, 6.45) is 1.34. The number of ether oxygens (including phenoxy) is 1. The van der Waals surface area contributed by atoms with Crippen LogP contribution < -0.4 is 15.4 Å². The van der Waals surface area contributed by atoms with Gasteiger partial charge in [-0.25, -0.2) is 9.97 Å². The highest BCUT2D eigenvalue weighted by molar-refractivity contribution is 7.85. The Bertz CT molecular complexity index is 1000. The Labute approximate surface area is 174 Å². The first-order valence-corrected chi connectivity index (χ1v) is 10.7. The number of pyridine rings is 1. The van der Waals surface area contributed by atoms with Crippen LogP contribution in [0, 0.1) is 13.8 Å². The van der Waals surface area contributed by atoms with Crippen molar-refractivity contribution in [2.45, 2.75) is 26.4 Å². The number of nitrogens with two attached hydrogens (primary N) is 1. The Hall–Kier alpha value is -2.21. The van der Waals surface area contributed by atoms with Crippen LogP contribution in [0.5, 0.6) is 5.75 Å². The van der Waals surface area contributed by atoms with E-state index in [0.717, 1.165) is 17.4 Å². The van der Waals surface area contributed by atoms with Gasteiger partial charge in [0.05, 0.1) is 26.1 Å². The summed E-state index contributed by atoms with van der Waals surface area (Å²) in [5.41, 5.74) is 7.78. The number of rotatable bonds is 8. The lowest BCUT2D eigenvalue weighted by Crippen LogP contribution is -2.24. The third-order valence-corrected chi connectivity index (χ3v) is 5.00. The summed E-state index contributed by atoms with van der Waals surface area (Å²) in [5, 5.41) is 10.3. The number of aliphatic hydroxyl groups excluding tert-OH is 1. The number of aliphatic hydroxyl groups is 1. The molecule has 2 rings (SSSR count). The quantitative estimate of drug-likeness (QED) is 0.452. The van der Waals surface area contributed by atoms with Crippen LogP contribution in [0.2, 0.25) is 5.15 Å². The van der Waals surface area contributed by atoms with Gasteiger partial charge in [-0.05, 0) is 13.8 Å². The van der Waals surface area contributed by atoms with Gasteiger partial charge in [0.15, 0.2) is 0 Å². The van der Waals surface area contributed by atoms with Crippen LogP contribution in [0.1, 0.15) is 16.7 Å². The summed E-state index contributed by atoms with van der Waals surface area (Å²) in [5.74, 6) is 1.49. The normalized spacial score (nSPS) is 12.7. The highest BCUT2D eigenvalue weighted by Gasteiger charge is 2.23. The molecule has 10 nitrogen and oxygen atoms in total. The van der Waals surface area contributed by atoms with Crippen molar-refractivity contribution in [1.82, 2.24) is 15.0 Å². The predicted molar refractivity (Wildman–Crippen MR) is 110 cm³/mol. The van der Waals surface area contributed by atoms with E-state index in [-0.39, 0.29) is 17.5 Å². The zero-order chi connectivity index (χ0) is 21.9. The topological polar surface area (TPSA) is 141 Å². The Balaban J connectivity index is 2.45. The van der Waals surface area contributed by atoms with Crippen LogP contribution in [0.15, 0.2) is 6.20 Å². The zero-order valence-corrected chi connectivity index (χ0v) is 18.4. The van der Waals surface area contributed by atoms with Gasteiger partial charge in [0.2, 0.25) is 5.95 Å². The second kappa shape index (κ2) is 9.08. The maximum absolute atomic E-state index is 11.2. The number of nitrogens with zero attached hydrogens (tertiary/aromatic N) is 4. The smallest absolute Gasteiger partial charge is 0.264 e. The van der Waals surface area contributed by atoms with Crippen molar-refractivity contribution in [3.05, 3.63) is 28.0 Å². The van der Waals surface area contributed by atoms with Crippen LogP contribution in [0.3, 0.4) is 0 Å². The molecule has 0 aliphatic rings. The van der Waals surface area contributed by atoms with E-state index in [1.165, 1.54) is 0 Å². The third-order valence-electron chi connectivity index (χ3n) is 4.12. The van der Waals surface area contributed by atoms with E-state index in [4.69, 9.17) is 22.1 Å². The monoisotopic (exact) mass is 445 g/mol. The molecule has 0 aliphatic carbocycles. The number of hydrogen-bond acceptors (Lipinski definition) is 10.